The molecule has 2 aliphatic rings. The van der Waals surface area contributed by atoms with Crippen LogP contribution in [0.5, 0.6) is 0 Å². The maximum Gasteiger partial charge on any atom is 0.320 e. The third-order valence-electron chi connectivity index (χ3n) is 5.08. The fraction of sp³-hybridized carbons (Fsp3) is 0.944. The van der Waals surface area contributed by atoms with E-state index in [1.54, 1.807) is 0 Å². The molecular weight excluding hydrogens is 288 g/mol. The third kappa shape index (κ3) is 5.64. The van der Waals surface area contributed by atoms with E-state index in [-0.39, 0.29) is 6.03 Å². The number of piperazine rings is 1. The summed E-state index contributed by atoms with van der Waals surface area (Å²) in [5.41, 5.74) is 0. The highest BCUT2D eigenvalue weighted by Crippen LogP contribution is 2.33. The zero-order valence-electron chi connectivity index (χ0n) is 16.2. The van der Waals surface area contributed by atoms with E-state index in [1.165, 1.54) is 25.7 Å². The maximum atomic E-state index is 12.3. The molecule has 0 N–H and O–H groups in total. The van der Waals surface area contributed by atoms with Crippen molar-refractivity contribution in [3.8, 4) is 0 Å². The quantitative estimate of drug-likeness (QED) is 0.778. The lowest BCUT2D eigenvalue weighted by Gasteiger charge is -2.54. The Labute approximate surface area is 143 Å². The van der Waals surface area contributed by atoms with Crippen molar-refractivity contribution in [2.75, 3.05) is 53.9 Å². The minimum atomic E-state index is 0.212. The van der Waals surface area contributed by atoms with Gasteiger partial charge in [-0.2, -0.15) is 0 Å². The molecule has 0 aromatic rings. The second-order valence-corrected chi connectivity index (χ2v) is 7.04. The molecule has 0 spiro atoms. The van der Waals surface area contributed by atoms with Crippen LogP contribution in [-0.2, 0) is 0 Å². The Bertz CT molecular complexity index is 346. The number of nitrogens with zero attached hydrogens (tertiary/aromatic N) is 4. The van der Waals surface area contributed by atoms with Gasteiger partial charge in [-0.05, 0) is 33.9 Å². The highest BCUT2D eigenvalue weighted by atomic mass is 16.2. The van der Waals surface area contributed by atoms with Gasteiger partial charge in [-0.1, -0.05) is 26.7 Å². The number of unbranched alkanes of at least 4 members (excludes halogenated alkanes) is 1. The summed E-state index contributed by atoms with van der Waals surface area (Å²) in [4.78, 5) is 21.0. The molecule has 1 saturated heterocycles. The SMILES string of the molecule is CCCC.CCN(C)C(=O)N1CCN(CCN(C)C)C2CCC21. The maximum absolute atomic E-state index is 12.3. The van der Waals surface area contributed by atoms with Crippen LogP contribution in [0.2, 0.25) is 0 Å². The zero-order chi connectivity index (χ0) is 17.4. The van der Waals surface area contributed by atoms with Crippen molar-refractivity contribution >= 4 is 6.03 Å². The first-order valence-corrected chi connectivity index (χ1v) is 9.36. The van der Waals surface area contributed by atoms with Crippen molar-refractivity contribution in [1.29, 1.82) is 0 Å². The Balaban J connectivity index is 0.000000593. The summed E-state index contributed by atoms with van der Waals surface area (Å²) >= 11 is 0. The highest BCUT2D eigenvalue weighted by molar-refractivity contribution is 5.75. The van der Waals surface area contributed by atoms with Crippen molar-refractivity contribution in [2.24, 2.45) is 0 Å². The number of hydrogen-bond donors (Lipinski definition) is 0. The molecule has 2 rings (SSSR count). The van der Waals surface area contributed by atoms with Gasteiger partial charge in [0.25, 0.3) is 0 Å². The van der Waals surface area contributed by atoms with Gasteiger partial charge >= 0.3 is 6.03 Å². The second-order valence-electron chi connectivity index (χ2n) is 7.04. The van der Waals surface area contributed by atoms with Crippen LogP contribution >= 0.6 is 0 Å². The Hall–Kier alpha value is -0.810. The number of amides is 2. The van der Waals surface area contributed by atoms with Gasteiger partial charge in [-0.15, -0.1) is 0 Å². The van der Waals surface area contributed by atoms with Gasteiger partial charge in [-0.25, -0.2) is 4.79 Å². The van der Waals surface area contributed by atoms with E-state index in [4.69, 9.17) is 0 Å². The van der Waals surface area contributed by atoms with Gasteiger partial charge in [0.15, 0.2) is 0 Å². The molecular formula is C18H38N4O. The Morgan fingerprint density at radius 1 is 1.00 bits per heavy atom. The molecule has 0 bridgehead atoms. The van der Waals surface area contributed by atoms with Crippen LogP contribution in [0.4, 0.5) is 4.79 Å². The van der Waals surface area contributed by atoms with Crippen molar-refractivity contribution < 1.29 is 4.79 Å². The van der Waals surface area contributed by atoms with Crippen molar-refractivity contribution in [1.82, 2.24) is 19.6 Å². The molecule has 2 amide bonds. The summed E-state index contributed by atoms with van der Waals surface area (Å²) in [6.07, 6.45) is 5.06. The van der Waals surface area contributed by atoms with Crippen molar-refractivity contribution in [3.63, 3.8) is 0 Å². The molecule has 0 aromatic heterocycles. The minimum absolute atomic E-state index is 0.212. The predicted molar refractivity (Wildman–Crippen MR) is 97.9 cm³/mol. The molecule has 1 aliphatic carbocycles. The fourth-order valence-corrected chi connectivity index (χ4v) is 3.02. The van der Waals surface area contributed by atoms with E-state index >= 15 is 0 Å². The van der Waals surface area contributed by atoms with E-state index in [0.29, 0.717) is 12.1 Å². The number of carbonyl (C=O) groups excluding carboxylic acids is 1. The lowest BCUT2D eigenvalue weighted by molar-refractivity contribution is -0.0247. The average Bonchev–Trinajstić information content (AvgIpc) is 2.52. The molecule has 0 radical (unpaired) electrons. The van der Waals surface area contributed by atoms with E-state index in [0.717, 1.165) is 32.7 Å². The Morgan fingerprint density at radius 3 is 2.04 bits per heavy atom. The number of urea groups is 1. The van der Waals surface area contributed by atoms with E-state index in [9.17, 15) is 4.79 Å². The molecule has 5 nitrogen and oxygen atoms in total. The fourth-order valence-electron chi connectivity index (χ4n) is 3.02. The van der Waals surface area contributed by atoms with Gasteiger partial charge in [-0.3, -0.25) is 4.90 Å². The minimum Gasteiger partial charge on any atom is -0.328 e. The van der Waals surface area contributed by atoms with E-state index < -0.39 is 0 Å². The second kappa shape index (κ2) is 10.1. The summed E-state index contributed by atoms with van der Waals surface area (Å²) in [7, 11) is 6.14. The highest BCUT2D eigenvalue weighted by Gasteiger charge is 2.44. The van der Waals surface area contributed by atoms with Gasteiger partial charge in [0.2, 0.25) is 0 Å². The van der Waals surface area contributed by atoms with Crippen LogP contribution in [0.1, 0.15) is 46.5 Å². The molecule has 1 saturated carbocycles. The third-order valence-corrected chi connectivity index (χ3v) is 5.08. The molecule has 1 aliphatic heterocycles. The van der Waals surface area contributed by atoms with Gasteiger partial charge in [0.1, 0.15) is 0 Å². The molecule has 2 atom stereocenters. The first-order chi connectivity index (χ1) is 11.0. The van der Waals surface area contributed by atoms with Gasteiger partial charge < -0.3 is 14.7 Å². The monoisotopic (exact) mass is 326 g/mol. The van der Waals surface area contributed by atoms with Crippen LogP contribution < -0.4 is 0 Å². The van der Waals surface area contributed by atoms with Crippen molar-refractivity contribution in [3.05, 3.63) is 0 Å². The molecule has 136 valence electrons. The van der Waals surface area contributed by atoms with Gasteiger partial charge in [0.05, 0.1) is 0 Å². The topological polar surface area (TPSA) is 30.0 Å². The normalized spacial score (nSPS) is 23.7. The largest absolute Gasteiger partial charge is 0.328 e. The Kier molecular flexibility index (Phi) is 8.92. The average molecular weight is 327 g/mol. The lowest BCUT2D eigenvalue weighted by atomic mass is 9.82. The number of hydrogen-bond acceptors (Lipinski definition) is 3. The molecule has 23 heavy (non-hydrogen) atoms. The van der Waals surface area contributed by atoms with Gasteiger partial charge in [0, 0.05) is 51.9 Å². The first-order valence-electron chi connectivity index (χ1n) is 9.36. The predicted octanol–water partition coefficient (Wildman–Crippen LogP) is 2.57. The number of carbonyl (C=O) groups is 1. The van der Waals surface area contributed by atoms with Crippen molar-refractivity contribution in [2.45, 2.75) is 58.5 Å². The molecule has 5 heteroatoms. The Morgan fingerprint density at radius 2 is 1.61 bits per heavy atom. The van der Waals surface area contributed by atoms with Crippen LogP contribution in [0.15, 0.2) is 0 Å². The number of likely N-dealkylation sites (N-methyl/N-ethyl adjacent to an activating group) is 1. The van der Waals surface area contributed by atoms with Crippen LogP contribution in [0, 0.1) is 0 Å². The molecule has 1 heterocycles. The zero-order valence-corrected chi connectivity index (χ0v) is 16.2. The summed E-state index contributed by atoms with van der Waals surface area (Å²) in [5.74, 6) is 0. The van der Waals surface area contributed by atoms with E-state index in [1.807, 2.05) is 18.9 Å². The number of fused-ring (bicyclic) bond motifs is 1. The molecule has 0 aromatic carbocycles. The van der Waals surface area contributed by atoms with Crippen LogP contribution in [-0.4, -0.2) is 91.6 Å². The molecule has 2 fully saturated rings. The van der Waals surface area contributed by atoms with E-state index in [2.05, 4.69) is 42.6 Å². The summed E-state index contributed by atoms with van der Waals surface area (Å²) in [5, 5.41) is 0. The summed E-state index contributed by atoms with van der Waals surface area (Å²) in [6.45, 7) is 11.3. The first kappa shape index (κ1) is 20.2. The summed E-state index contributed by atoms with van der Waals surface area (Å²) in [6, 6.07) is 1.27. The lowest BCUT2D eigenvalue weighted by Crippen LogP contribution is -2.67. The number of rotatable bonds is 5. The standard InChI is InChI=1S/C14H28N4O.C4H10/c1-5-16(4)14(19)18-11-10-17(9-8-15(2)3)12-6-7-13(12)18;1-3-4-2/h12-13H,5-11H2,1-4H3;3-4H2,1-2H3. The van der Waals surface area contributed by atoms with Crippen LogP contribution in [0.25, 0.3) is 0 Å². The smallest absolute Gasteiger partial charge is 0.320 e. The summed E-state index contributed by atoms with van der Waals surface area (Å²) < 4.78 is 0. The van der Waals surface area contributed by atoms with Crippen LogP contribution in [0.3, 0.4) is 0 Å². The molecule has 2 unspecified atom stereocenters.